The average molecular weight is 516 g/mol. The second kappa shape index (κ2) is 9.70. The molecule has 0 radical (unpaired) electrons. The molecule has 0 saturated carbocycles. The summed E-state index contributed by atoms with van der Waals surface area (Å²) in [5.41, 5.74) is 0.855. The Morgan fingerprint density at radius 1 is 1.22 bits per heavy atom. The number of nitrogens with zero attached hydrogens (tertiary/aromatic N) is 4. The molecule has 1 spiro atoms. The van der Waals surface area contributed by atoms with Crippen LogP contribution in [-0.2, 0) is 4.79 Å². The summed E-state index contributed by atoms with van der Waals surface area (Å²) >= 11 is 0. The number of hydrogen-bond acceptors (Lipinski definition) is 6. The van der Waals surface area contributed by atoms with Crippen molar-refractivity contribution in [3.63, 3.8) is 0 Å². The first-order chi connectivity index (χ1) is 17.6. The Hall–Kier alpha value is -3.60. The molecule has 2 aromatic heterocycles. The number of pyridine rings is 1. The van der Waals surface area contributed by atoms with E-state index in [0.29, 0.717) is 43.3 Å². The molecule has 2 saturated heterocycles. The Morgan fingerprint density at radius 3 is 2.62 bits per heavy atom. The highest BCUT2D eigenvalue weighted by Crippen LogP contribution is 2.42. The first-order valence-electron chi connectivity index (χ1n) is 12.2. The van der Waals surface area contributed by atoms with E-state index in [-0.39, 0.29) is 16.7 Å². The van der Waals surface area contributed by atoms with E-state index in [2.05, 4.69) is 15.4 Å². The van der Waals surface area contributed by atoms with Gasteiger partial charge in [-0.15, -0.1) is 0 Å². The first kappa shape index (κ1) is 25.1. The summed E-state index contributed by atoms with van der Waals surface area (Å²) in [6, 6.07) is 10.3. The monoisotopic (exact) mass is 515 g/mol. The van der Waals surface area contributed by atoms with E-state index in [1.54, 1.807) is 37.4 Å². The third kappa shape index (κ3) is 5.27. The predicted octanol–water partition coefficient (Wildman–Crippen LogP) is 4.29. The summed E-state index contributed by atoms with van der Waals surface area (Å²) in [4.78, 5) is 17.7. The zero-order valence-corrected chi connectivity index (χ0v) is 20.3. The first-order valence-corrected chi connectivity index (χ1v) is 12.2. The summed E-state index contributed by atoms with van der Waals surface area (Å²) in [6.07, 6.45) is -1.68. The van der Waals surface area contributed by atoms with Crippen molar-refractivity contribution in [3.8, 4) is 11.4 Å². The molecule has 8 nitrogen and oxygen atoms in total. The van der Waals surface area contributed by atoms with Crippen molar-refractivity contribution in [2.45, 2.75) is 44.5 Å². The lowest BCUT2D eigenvalue weighted by atomic mass is 9.76. The molecule has 37 heavy (non-hydrogen) atoms. The van der Waals surface area contributed by atoms with Gasteiger partial charge in [0.1, 0.15) is 17.6 Å². The van der Waals surface area contributed by atoms with Gasteiger partial charge in [0.15, 0.2) is 0 Å². The quantitative estimate of drug-likeness (QED) is 0.506. The number of anilines is 1. The Labute approximate surface area is 212 Å². The Kier molecular flexibility index (Phi) is 6.57. The van der Waals surface area contributed by atoms with Crippen LogP contribution in [0.25, 0.3) is 5.69 Å². The number of aliphatic carboxylic acids is 1. The Bertz CT molecular complexity index is 1270. The number of alkyl halides is 3. The molecule has 0 bridgehead atoms. The third-order valence-corrected chi connectivity index (χ3v) is 7.26. The molecule has 1 aromatic carbocycles. The molecule has 2 aliphatic heterocycles. The smallest absolute Gasteiger partial charge is 0.429 e. The number of nitrogens with one attached hydrogen (secondary N) is 1. The van der Waals surface area contributed by atoms with Gasteiger partial charge in [0, 0.05) is 43.7 Å². The molecule has 3 aromatic rings. The van der Waals surface area contributed by atoms with Crippen LogP contribution in [0, 0.1) is 12.3 Å². The number of para-hydroxylation sites is 1. The fourth-order valence-electron chi connectivity index (χ4n) is 5.24. The van der Waals surface area contributed by atoms with Gasteiger partial charge < -0.3 is 20.1 Å². The summed E-state index contributed by atoms with van der Waals surface area (Å²) in [7, 11) is 0. The minimum Gasteiger partial charge on any atom is -0.480 e. The summed E-state index contributed by atoms with van der Waals surface area (Å²) in [5, 5.41) is 16.7. The van der Waals surface area contributed by atoms with Gasteiger partial charge in [-0.25, -0.2) is 9.67 Å². The fourth-order valence-corrected chi connectivity index (χ4v) is 5.24. The molecule has 196 valence electrons. The standard InChI is InChI=1S/C26H28F3N5O3/c1-17-7-11-34(32-17)21-5-3-2-4-19(21)23(26(27,28)29)37-18-6-10-30-22(14-18)33-12-8-25(9-13-33)15-20(24(35)36)31-16-25/h2-7,10-11,14,20,23,31H,8-9,12-13,15-16H2,1H3,(H,35,36)/t20?,23-/m1/s1. The van der Waals surface area contributed by atoms with Crippen molar-refractivity contribution in [2.24, 2.45) is 5.41 Å². The molecule has 11 heteroatoms. The van der Waals surface area contributed by atoms with E-state index in [4.69, 9.17) is 4.74 Å². The maximum absolute atomic E-state index is 14.3. The van der Waals surface area contributed by atoms with Gasteiger partial charge in [0.25, 0.3) is 0 Å². The lowest BCUT2D eigenvalue weighted by molar-refractivity contribution is -0.198. The molecule has 2 atom stereocenters. The number of halogens is 3. The van der Waals surface area contributed by atoms with Gasteiger partial charge in [-0.05, 0) is 49.8 Å². The van der Waals surface area contributed by atoms with Gasteiger partial charge in [-0.3, -0.25) is 4.79 Å². The van der Waals surface area contributed by atoms with Crippen LogP contribution in [0.2, 0.25) is 0 Å². The van der Waals surface area contributed by atoms with Crippen LogP contribution in [0.1, 0.15) is 36.6 Å². The van der Waals surface area contributed by atoms with Gasteiger partial charge in [-0.1, -0.05) is 18.2 Å². The second-order valence-corrected chi connectivity index (χ2v) is 9.81. The third-order valence-electron chi connectivity index (χ3n) is 7.26. The summed E-state index contributed by atoms with van der Waals surface area (Å²) in [6.45, 7) is 3.69. The fraction of sp³-hybridized carbons (Fsp3) is 0.423. The number of benzene rings is 1. The van der Waals surface area contributed by atoms with Crippen LogP contribution < -0.4 is 15.0 Å². The van der Waals surface area contributed by atoms with Crippen LogP contribution in [0.4, 0.5) is 19.0 Å². The highest BCUT2D eigenvalue weighted by Gasteiger charge is 2.45. The van der Waals surface area contributed by atoms with Crippen LogP contribution in [0.15, 0.2) is 54.9 Å². The molecule has 1 unspecified atom stereocenters. The van der Waals surface area contributed by atoms with Crippen molar-refractivity contribution >= 4 is 11.8 Å². The Balaban J connectivity index is 1.35. The largest absolute Gasteiger partial charge is 0.480 e. The number of aryl methyl sites for hydroxylation is 1. The number of piperidine rings is 1. The van der Waals surface area contributed by atoms with E-state index in [9.17, 15) is 23.1 Å². The minimum atomic E-state index is -4.67. The number of carboxylic acids is 1. The van der Waals surface area contributed by atoms with Gasteiger partial charge in [-0.2, -0.15) is 18.3 Å². The van der Waals surface area contributed by atoms with Crippen molar-refractivity contribution in [2.75, 3.05) is 24.5 Å². The minimum absolute atomic E-state index is 0.0434. The van der Waals surface area contributed by atoms with Crippen LogP contribution >= 0.6 is 0 Å². The number of hydrogen-bond donors (Lipinski definition) is 2. The SMILES string of the molecule is Cc1ccn(-c2ccccc2[C@@H](Oc2ccnc(N3CCC4(CC3)CNC(C(=O)O)C4)c2)C(F)(F)F)n1. The predicted molar refractivity (Wildman–Crippen MR) is 130 cm³/mol. The maximum Gasteiger partial charge on any atom is 0.429 e. The maximum atomic E-state index is 14.3. The van der Waals surface area contributed by atoms with E-state index in [1.165, 1.54) is 29.1 Å². The van der Waals surface area contributed by atoms with E-state index in [1.807, 2.05) is 4.90 Å². The highest BCUT2D eigenvalue weighted by atomic mass is 19.4. The topological polar surface area (TPSA) is 92.5 Å². The van der Waals surface area contributed by atoms with Crippen LogP contribution in [-0.4, -0.2) is 57.7 Å². The zero-order chi connectivity index (χ0) is 26.2. The van der Waals surface area contributed by atoms with Gasteiger partial charge >= 0.3 is 12.1 Å². The molecule has 0 aliphatic carbocycles. The van der Waals surface area contributed by atoms with Gasteiger partial charge in [0.2, 0.25) is 6.10 Å². The van der Waals surface area contributed by atoms with E-state index in [0.717, 1.165) is 12.8 Å². The number of aromatic nitrogens is 3. The van der Waals surface area contributed by atoms with Crippen LogP contribution in [0.5, 0.6) is 5.75 Å². The molecular weight excluding hydrogens is 487 g/mol. The number of carbonyl (C=O) groups is 1. The average Bonchev–Trinajstić information content (AvgIpc) is 3.49. The molecule has 4 heterocycles. The number of carboxylic acid groups (broad SMARTS) is 1. The molecule has 2 N–H and O–H groups in total. The molecule has 2 aliphatic rings. The second-order valence-electron chi connectivity index (χ2n) is 9.81. The van der Waals surface area contributed by atoms with Crippen molar-refractivity contribution < 1.29 is 27.8 Å². The molecule has 2 fully saturated rings. The lowest BCUT2D eigenvalue weighted by Gasteiger charge is -2.39. The lowest BCUT2D eigenvalue weighted by Crippen LogP contribution is -2.41. The molecule has 0 amide bonds. The highest BCUT2D eigenvalue weighted by molar-refractivity contribution is 5.74. The summed E-state index contributed by atoms with van der Waals surface area (Å²) < 4.78 is 49.8. The van der Waals surface area contributed by atoms with Crippen molar-refractivity contribution in [1.29, 1.82) is 0 Å². The molecule has 5 rings (SSSR count). The Morgan fingerprint density at radius 2 is 1.97 bits per heavy atom. The normalized spacial score (nSPS) is 20.2. The molecular formula is C26H28F3N5O3. The van der Waals surface area contributed by atoms with Crippen molar-refractivity contribution in [1.82, 2.24) is 20.1 Å². The van der Waals surface area contributed by atoms with Crippen molar-refractivity contribution in [3.05, 3.63) is 66.1 Å². The van der Waals surface area contributed by atoms with E-state index >= 15 is 0 Å². The van der Waals surface area contributed by atoms with Crippen LogP contribution in [0.3, 0.4) is 0 Å². The zero-order valence-electron chi connectivity index (χ0n) is 20.3. The summed E-state index contributed by atoms with van der Waals surface area (Å²) in [5.74, 6) is -0.244. The number of rotatable bonds is 6. The van der Waals surface area contributed by atoms with E-state index < -0.39 is 24.3 Å². The van der Waals surface area contributed by atoms with Gasteiger partial charge in [0.05, 0.1) is 11.4 Å². The number of ether oxygens (including phenoxy) is 1.